The molecule has 0 rings (SSSR count). The van der Waals surface area contributed by atoms with E-state index < -0.39 is 13.3 Å². The molecule has 0 spiro atoms. The summed E-state index contributed by atoms with van der Waals surface area (Å²) in [7, 11) is 0. The molecule has 0 saturated heterocycles. The summed E-state index contributed by atoms with van der Waals surface area (Å²) >= 11 is 0. The van der Waals surface area contributed by atoms with E-state index in [-0.39, 0.29) is 0 Å². The maximum Gasteiger partial charge on any atom is 0.482 e. The van der Waals surface area contributed by atoms with Gasteiger partial charge in [0.1, 0.15) is 0 Å². The average molecular weight is 137 g/mol. The van der Waals surface area contributed by atoms with Crippen molar-refractivity contribution in [3.8, 4) is 0 Å². The van der Waals surface area contributed by atoms with Gasteiger partial charge in [-0.15, -0.1) is 6.08 Å². The Morgan fingerprint density at radius 3 is 1.89 bits per heavy atom. The first-order valence-corrected chi connectivity index (χ1v) is 2.76. The molecule has 0 N–H and O–H groups in total. The van der Waals surface area contributed by atoms with Gasteiger partial charge in [0.2, 0.25) is 0 Å². The minimum absolute atomic E-state index is 0.717. The van der Waals surface area contributed by atoms with Gasteiger partial charge in [-0.2, -0.15) is 0 Å². The van der Waals surface area contributed by atoms with E-state index in [2.05, 4.69) is 0 Å². The highest BCUT2D eigenvalue weighted by atomic mass is 19.4. The largest absolute Gasteiger partial charge is 0.482 e. The molecule has 0 unspecified atom stereocenters. The first kappa shape index (κ1) is 8.59. The molecular formula is C5H9BF3-. The zero-order valence-electron chi connectivity index (χ0n) is 5.50. The van der Waals surface area contributed by atoms with E-state index in [1.54, 1.807) is 13.8 Å². The van der Waals surface area contributed by atoms with Crippen LogP contribution in [0.25, 0.3) is 0 Å². The van der Waals surface area contributed by atoms with E-state index in [0.29, 0.717) is 5.57 Å². The first-order valence-electron chi connectivity index (χ1n) is 2.76. The van der Waals surface area contributed by atoms with Crippen LogP contribution in [0.4, 0.5) is 12.9 Å². The van der Waals surface area contributed by atoms with Gasteiger partial charge in [0.05, 0.1) is 0 Å². The molecule has 0 atom stereocenters. The Labute approximate surface area is 52.8 Å². The fourth-order valence-corrected chi connectivity index (χ4v) is 0.369. The third-order valence-electron chi connectivity index (χ3n) is 0.793. The van der Waals surface area contributed by atoms with Crippen molar-refractivity contribution in [2.45, 2.75) is 20.2 Å². The van der Waals surface area contributed by atoms with Gasteiger partial charge in [0.25, 0.3) is 0 Å². The van der Waals surface area contributed by atoms with Crippen LogP contribution >= 0.6 is 0 Å². The normalized spacial score (nSPS) is 11.2. The van der Waals surface area contributed by atoms with Crippen LogP contribution in [0.15, 0.2) is 11.6 Å². The predicted octanol–water partition coefficient (Wildman–Crippen LogP) is 2.80. The lowest BCUT2D eigenvalue weighted by Crippen LogP contribution is -2.12. The minimum Gasteiger partial charge on any atom is -0.449 e. The van der Waals surface area contributed by atoms with Crippen molar-refractivity contribution >= 4 is 6.98 Å². The Bertz CT molecular complexity index is 110. The summed E-state index contributed by atoms with van der Waals surface area (Å²) in [6.45, 7) is -1.30. The van der Waals surface area contributed by atoms with Crippen molar-refractivity contribution < 1.29 is 12.9 Å². The second kappa shape index (κ2) is 2.94. The van der Waals surface area contributed by atoms with Crippen molar-refractivity contribution in [3.05, 3.63) is 11.6 Å². The van der Waals surface area contributed by atoms with Gasteiger partial charge in [-0.1, -0.05) is 11.9 Å². The molecular weight excluding hydrogens is 128 g/mol. The van der Waals surface area contributed by atoms with Crippen LogP contribution in [0.3, 0.4) is 0 Å². The molecule has 0 aliphatic rings. The highest BCUT2D eigenvalue weighted by Gasteiger charge is 2.19. The molecule has 0 heterocycles. The van der Waals surface area contributed by atoms with E-state index in [1.807, 2.05) is 0 Å². The second-order valence-electron chi connectivity index (χ2n) is 2.23. The van der Waals surface area contributed by atoms with Gasteiger partial charge >= 0.3 is 6.98 Å². The summed E-state index contributed by atoms with van der Waals surface area (Å²) in [5, 5.41) is 0. The van der Waals surface area contributed by atoms with Gasteiger partial charge in [-0.05, 0) is 13.8 Å². The zero-order valence-corrected chi connectivity index (χ0v) is 5.50. The van der Waals surface area contributed by atoms with E-state index in [1.165, 1.54) is 6.08 Å². The highest BCUT2D eigenvalue weighted by Crippen LogP contribution is 2.15. The standard InChI is InChI=1S/C5H9BF3/c1-5(2)3-4-6(7,8)9/h3H,4H2,1-2H3/q-1. The number of allylic oxidation sites excluding steroid dienone is 2. The van der Waals surface area contributed by atoms with Gasteiger partial charge in [-0.3, -0.25) is 0 Å². The number of hydrogen-bond donors (Lipinski definition) is 0. The Morgan fingerprint density at radius 1 is 1.33 bits per heavy atom. The average Bonchev–Trinajstić information content (AvgIpc) is 1.59. The Balaban J connectivity index is 3.64. The minimum atomic E-state index is -4.61. The molecule has 0 aromatic heterocycles. The lowest BCUT2D eigenvalue weighted by atomic mass is 9.85. The lowest BCUT2D eigenvalue weighted by Gasteiger charge is -2.09. The maximum absolute atomic E-state index is 11.4. The van der Waals surface area contributed by atoms with E-state index in [4.69, 9.17) is 0 Å². The fraction of sp³-hybridized carbons (Fsp3) is 0.600. The quantitative estimate of drug-likeness (QED) is 0.405. The molecule has 0 aromatic rings. The van der Waals surface area contributed by atoms with Gasteiger partial charge in [-0.25, -0.2) is 0 Å². The van der Waals surface area contributed by atoms with Crippen LogP contribution in [-0.4, -0.2) is 6.98 Å². The maximum atomic E-state index is 11.4. The lowest BCUT2D eigenvalue weighted by molar-refractivity contribution is 0.477. The molecule has 4 heteroatoms. The molecule has 0 amide bonds. The van der Waals surface area contributed by atoms with Crippen molar-refractivity contribution in [2.75, 3.05) is 0 Å². The van der Waals surface area contributed by atoms with Crippen molar-refractivity contribution in [1.29, 1.82) is 0 Å². The molecule has 0 saturated carbocycles. The van der Waals surface area contributed by atoms with E-state index in [0.717, 1.165) is 0 Å². The van der Waals surface area contributed by atoms with Gasteiger partial charge in [0, 0.05) is 0 Å². The summed E-state index contributed by atoms with van der Waals surface area (Å²) in [5.41, 5.74) is 0.717. The molecule has 0 radical (unpaired) electrons. The van der Waals surface area contributed by atoms with Gasteiger partial charge in [0.15, 0.2) is 0 Å². The van der Waals surface area contributed by atoms with E-state index in [9.17, 15) is 12.9 Å². The van der Waals surface area contributed by atoms with Crippen LogP contribution in [-0.2, 0) is 0 Å². The van der Waals surface area contributed by atoms with Crippen LogP contribution < -0.4 is 0 Å². The van der Waals surface area contributed by atoms with Crippen LogP contribution in [0.2, 0.25) is 6.32 Å². The second-order valence-corrected chi connectivity index (χ2v) is 2.23. The first-order chi connectivity index (χ1) is 3.92. The van der Waals surface area contributed by atoms with Crippen LogP contribution in [0, 0.1) is 0 Å². The number of hydrogen-bond acceptors (Lipinski definition) is 0. The monoisotopic (exact) mass is 137 g/mol. The molecule has 0 nitrogen and oxygen atoms in total. The Hall–Kier alpha value is -0.405. The molecule has 54 valence electrons. The topological polar surface area (TPSA) is 0 Å². The van der Waals surface area contributed by atoms with Crippen LogP contribution in [0.5, 0.6) is 0 Å². The Morgan fingerprint density at radius 2 is 1.78 bits per heavy atom. The molecule has 0 aromatic carbocycles. The number of rotatable bonds is 2. The molecule has 9 heavy (non-hydrogen) atoms. The molecule has 0 aliphatic carbocycles. The SMILES string of the molecule is CC(C)=CC[B-](F)(F)F. The van der Waals surface area contributed by atoms with Gasteiger partial charge < -0.3 is 12.9 Å². The Kier molecular flexibility index (Phi) is 2.81. The van der Waals surface area contributed by atoms with E-state index >= 15 is 0 Å². The third kappa shape index (κ3) is 7.59. The zero-order chi connectivity index (χ0) is 7.49. The highest BCUT2D eigenvalue weighted by molar-refractivity contribution is 6.58. The fourth-order valence-electron chi connectivity index (χ4n) is 0.369. The molecule has 0 aliphatic heterocycles. The summed E-state index contributed by atoms with van der Waals surface area (Å²) in [6.07, 6.45) is 0.447. The van der Waals surface area contributed by atoms with Crippen molar-refractivity contribution in [2.24, 2.45) is 0 Å². The summed E-state index contributed by atoms with van der Waals surface area (Å²) in [5.74, 6) is 0. The number of halogens is 3. The summed E-state index contributed by atoms with van der Waals surface area (Å²) < 4.78 is 34.3. The predicted molar refractivity (Wildman–Crippen MR) is 33.3 cm³/mol. The third-order valence-corrected chi connectivity index (χ3v) is 0.793. The summed E-state index contributed by atoms with van der Waals surface area (Å²) in [6, 6.07) is 0. The molecule has 0 fully saturated rings. The molecule has 0 bridgehead atoms. The van der Waals surface area contributed by atoms with Crippen molar-refractivity contribution in [1.82, 2.24) is 0 Å². The smallest absolute Gasteiger partial charge is 0.449 e. The van der Waals surface area contributed by atoms with Crippen molar-refractivity contribution in [3.63, 3.8) is 0 Å². The summed E-state index contributed by atoms with van der Waals surface area (Å²) in [4.78, 5) is 0. The van der Waals surface area contributed by atoms with Crippen LogP contribution in [0.1, 0.15) is 13.8 Å².